The highest BCUT2D eigenvalue weighted by molar-refractivity contribution is 7.98. The monoisotopic (exact) mass is 295 g/mol. The molecule has 0 aliphatic rings. The molecule has 0 saturated heterocycles. The van der Waals surface area contributed by atoms with Gasteiger partial charge < -0.3 is 5.73 Å². The lowest BCUT2D eigenvalue weighted by Crippen LogP contribution is -2.09. The van der Waals surface area contributed by atoms with E-state index in [0.717, 1.165) is 16.3 Å². The maximum Gasteiger partial charge on any atom is 0.123 e. The normalized spacial score (nSPS) is 12.4. The molecule has 0 heterocycles. The molecule has 100 valence electrons. The van der Waals surface area contributed by atoms with E-state index in [0.29, 0.717) is 6.54 Å². The largest absolute Gasteiger partial charge is 0.329 e. The molecule has 0 bridgehead atoms. The van der Waals surface area contributed by atoms with Gasteiger partial charge in [0.1, 0.15) is 5.82 Å². The van der Waals surface area contributed by atoms with Gasteiger partial charge in [-0.3, -0.25) is 0 Å². The fourth-order valence-electron chi connectivity index (χ4n) is 1.76. The molecular formula is C15H15ClFNS. The van der Waals surface area contributed by atoms with E-state index in [1.54, 1.807) is 23.9 Å². The smallest absolute Gasteiger partial charge is 0.123 e. The Labute approximate surface area is 122 Å². The van der Waals surface area contributed by atoms with Crippen molar-refractivity contribution in [3.63, 3.8) is 0 Å². The van der Waals surface area contributed by atoms with Crippen LogP contribution in [0, 0.1) is 5.82 Å². The molecule has 2 aromatic carbocycles. The Bertz CT molecular complexity index is 513. The standard InChI is InChI=1S/C15H15ClFNS/c16-13-5-1-11(2-6-13)10-19-15(9-18)12-3-7-14(17)8-4-12/h1-8,15H,9-10,18H2. The highest BCUT2D eigenvalue weighted by Gasteiger charge is 2.10. The van der Waals surface area contributed by atoms with Gasteiger partial charge >= 0.3 is 0 Å². The van der Waals surface area contributed by atoms with Crippen LogP contribution in [0.1, 0.15) is 16.4 Å². The van der Waals surface area contributed by atoms with Crippen molar-refractivity contribution in [2.45, 2.75) is 11.0 Å². The molecule has 1 unspecified atom stereocenters. The van der Waals surface area contributed by atoms with Crippen LogP contribution in [0.4, 0.5) is 4.39 Å². The highest BCUT2D eigenvalue weighted by atomic mass is 35.5. The Morgan fingerprint density at radius 1 is 1.05 bits per heavy atom. The van der Waals surface area contributed by atoms with Crippen LogP contribution in [0.25, 0.3) is 0 Å². The van der Waals surface area contributed by atoms with Crippen LogP contribution in [0.5, 0.6) is 0 Å². The molecule has 1 atom stereocenters. The Balaban J connectivity index is 1.99. The summed E-state index contributed by atoms with van der Waals surface area (Å²) in [6, 6.07) is 14.3. The molecule has 2 N–H and O–H groups in total. The van der Waals surface area contributed by atoms with E-state index in [1.165, 1.54) is 17.7 Å². The summed E-state index contributed by atoms with van der Waals surface area (Å²) in [5.41, 5.74) is 8.06. The maximum atomic E-state index is 12.9. The van der Waals surface area contributed by atoms with Gasteiger partial charge in [-0.1, -0.05) is 35.9 Å². The molecule has 0 aliphatic heterocycles. The van der Waals surface area contributed by atoms with Crippen molar-refractivity contribution in [2.75, 3.05) is 6.54 Å². The second kappa shape index (κ2) is 6.94. The van der Waals surface area contributed by atoms with Gasteiger partial charge in [0.15, 0.2) is 0 Å². The lowest BCUT2D eigenvalue weighted by molar-refractivity contribution is 0.627. The number of rotatable bonds is 5. The van der Waals surface area contributed by atoms with Crippen molar-refractivity contribution in [2.24, 2.45) is 5.73 Å². The van der Waals surface area contributed by atoms with Crippen LogP contribution in [0.15, 0.2) is 48.5 Å². The average molecular weight is 296 g/mol. The van der Waals surface area contributed by atoms with E-state index in [1.807, 2.05) is 24.3 Å². The van der Waals surface area contributed by atoms with Gasteiger partial charge in [-0.05, 0) is 35.4 Å². The number of hydrogen-bond donors (Lipinski definition) is 1. The summed E-state index contributed by atoms with van der Waals surface area (Å²) >= 11 is 7.60. The number of thioether (sulfide) groups is 1. The molecule has 19 heavy (non-hydrogen) atoms. The summed E-state index contributed by atoms with van der Waals surface area (Å²) in [7, 11) is 0. The zero-order valence-electron chi connectivity index (χ0n) is 10.4. The fourth-order valence-corrected chi connectivity index (χ4v) is 2.95. The van der Waals surface area contributed by atoms with Crippen LogP contribution in [0.2, 0.25) is 5.02 Å². The van der Waals surface area contributed by atoms with E-state index < -0.39 is 0 Å². The lowest BCUT2D eigenvalue weighted by atomic mass is 10.1. The molecule has 2 aromatic rings. The fraction of sp³-hybridized carbons (Fsp3) is 0.200. The lowest BCUT2D eigenvalue weighted by Gasteiger charge is -2.15. The Hall–Kier alpha value is -1.03. The van der Waals surface area contributed by atoms with Crippen molar-refractivity contribution in [1.29, 1.82) is 0 Å². The van der Waals surface area contributed by atoms with Gasteiger partial charge in [0.2, 0.25) is 0 Å². The molecule has 0 aliphatic carbocycles. The minimum atomic E-state index is -0.220. The van der Waals surface area contributed by atoms with Crippen molar-refractivity contribution < 1.29 is 4.39 Å². The molecular weight excluding hydrogens is 281 g/mol. The van der Waals surface area contributed by atoms with Gasteiger partial charge in [0.25, 0.3) is 0 Å². The first-order valence-corrected chi connectivity index (χ1v) is 7.43. The quantitative estimate of drug-likeness (QED) is 0.884. The van der Waals surface area contributed by atoms with Gasteiger partial charge in [-0.2, -0.15) is 0 Å². The zero-order chi connectivity index (χ0) is 13.7. The number of hydrogen-bond acceptors (Lipinski definition) is 2. The third kappa shape index (κ3) is 4.23. The number of halogens is 2. The third-order valence-corrected chi connectivity index (χ3v) is 4.44. The van der Waals surface area contributed by atoms with Crippen LogP contribution >= 0.6 is 23.4 Å². The second-order valence-electron chi connectivity index (χ2n) is 4.21. The van der Waals surface area contributed by atoms with Crippen molar-refractivity contribution >= 4 is 23.4 Å². The molecule has 0 amide bonds. The minimum absolute atomic E-state index is 0.177. The average Bonchev–Trinajstić information content (AvgIpc) is 2.43. The van der Waals surface area contributed by atoms with Crippen LogP contribution in [-0.2, 0) is 5.75 Å². The van der Waals surface area contributed by atoms with Gasteiger partial charge in [0, 0.05) is 22.6 Å². The predicted molar refractivity (Wildman–Crippen MR) is 80.9 cm³/mol. The summed E-state index contributed by atoms with van der Waals surface area (Å²) in [6.07, 6.45) is 0. The zero-order valence-corrected chi connectivity index (χ0v) is 11.9. The van der Waals surface area contributed by atoms with Crippen LogP contribution in [-0.4, -0.2) is 6.54 Å². The molecule has 4 heteroatoms. The first-order chi connectivity index (χ1) is 9.19. The highest BCUT2D eigenvalue weighted by Crippen LogP contribution is 2.30. The first-order valence-electron chi connectivity index (χ1n) is 6.00. The van der Waals surface area contributed by atoms with Crippen LogP contribution < -0.4 is 5.73 Å². The van der Waals surface area contributed by atoms with Gasteiger partial charge in [-0.25, -0.2) is 4.39 Å². The Morgan fingerprint density at radius 2 is 1.68 bits per heavy atom. The summed E-state index contributed by atoms with van der Waals surface area (Å²) < 4.78 is 12.9. The molecule has 2 rings (SSSR count). The molecule has 0 saturated carbocycles. The molecule has 0 spiro atoms. The van der Waals surface area contributed by atoms with E-state index in [4.69, 9.17) is 17.3 Å². The summed E-state index contributed by atoms with van der Waals surface area (Å²) in [5.74, 6) is 0.637. The molecule has 0 fully saturated rings. The summed E-state index contributed by atoms with van der Waals surface area (Å²) in [5, 5.41) is 0.916. The minimum Gasteiger partial charge on any atom is -0.329 e. The topological polar surface area (TPSA) is 26.0 Å². The second-order valence-corrected chi connectivity index (χ2v) is 5.84. The van der Waals surface area contributed by atoms with E-state index >= 15 is 0 Å². The number of nitrogens with two attached hydrogens (primary N) is 1. The maximum absolute atomic E-state index is 12.9. The summed E-state index contributed by atoms with van der Waals surface area (Å²) in [4.78, 5) is 0. The molecule has 0 radical (unpaired) electrons. The van der Waals surface area contributed by atoms with Gasteiger partial charge in [-0.15, -0.1) is 11.8 Å². The third-order valence-electron chi connectivity index (χ3n) is 2.82. The van der Waals surface area contributed by atoms with Crippen molar-refractivity contribution in [3.05, 3.63) is 70.5 Å². The van der Waals surface area contributed by atoms with E-state index in [2.05, 4.69) is 0 Å². The van der Waals surface area contributed by atoms with Crippen molar-refractivity contribution in [1.82, 2.24) is 0 Å². The van der Waals surface area contributed by atoms with Gasteiger partial charge in [0.05, 0.1) is 0 Å². The van der Waals surface area contributed by atoms with E-state index in [-0.39, 0.29) is 11.1 Å². The molecule has 1 nitrogen and oxygen atoms in total. The van der Waals surface area contributed by atoms with Crippen LogP contribution in [0.3, 0.4) is 0 Å². The van der Waals surface area contributed by atoms with E-state index in [9.17, 15) is 4.39 Å². The Morgan fingerprint density at radius 3 is 2.26 bits per heavy atom. The predicted octanol–water partition coefficient (Wildman–Crippen LogP) is 4.41. The SMILES string of the molecule is NCC(SCc1ccc(Cl)cc1)c1ccc(F)cc1. The molecule has 0 aromatic heterocycles. The summed E-state index contributed by atoms with van der Waals surface area (Å²) in [6.45, 7) is 0.532. The Kier molecular flexibility index (Phi) is 5.25. The first kappa shape index (κ1) is 14.4. The van der Waals surface area contributed by atoms with Crippen molar-refractivity contribution in [3.8, 4) is 0 Å². The number of benzene rings is 2.